The number of aryl methyl sites for hydroxylation is 3. The van der Waals surface area contributed by atoms with Crippen LogP contribution in [-0.2, 0) is 23.1 Å². The first-order valence-electron chi connectivity index (χ1n) is 11.8. The van der Waals surface area contributed by atoms with E-state index in [-0.39, 0.29) is 5.91 Å². The standard InChI is InChI=1S/C28H38N2O/c1-8-12-23-24-18-22(28(6,7)27(31)30(10-3)11-4)13-14-25(24)29-26(23)21-16-19(5)15-20(9-2)17-21/h13-18,29H,8-12H2,1-7H3. The predicted octanol–water partition coefficient (Wildman–Crippen LogP) is 6.80. The monoisotopic (exact) mass is 418 g/mol. The molecule has 0 radical (unpaired) electrons. The topological polar surface area (TPSA) is 36.1 Å². The molecule has 0 fully saturated rings. The van der Waals surface area contributed by atoms with Gasteiger partial charge in [0.05, 0.1) is 5.41 Å². The van der Waals surface area contributed by atoms with Crippen LogP contribution in [0.3, 0.4) is 0 Å². The molecule has 3 nitrogen and oxygen atoms in total. The second kappa shape index (κ2) is 9.30. The van der Waals surface area contributed by atoms with Crippen molar-refractivity contribution < 1.29 is 4.79 Å². The summed E-state index contributed by atoms with van der Waals surface area (Å²) in [4.78, 5) is 18.9. The van der Waals surface area contributed by atoms with E-state index in [0.717, 1.165) is 43.4 Å². The number of likely N-dealkylation sites (N-methyl/N-ethyl adjacent to an activating group) is 1. The molecule has 31 heavy (non-hydrogen) atoms. The first-order valence-corrected chi connectivity index (χ1v) is 11.8. The summed E-state index contributed by atoms with van der Waals surface area (Å²) in [6.45, 7) is 16.3. The van der Waals surface area contributed by atoms with Gasteiger partial charge in [0.15, 0.2) is 0 Å². The van der Waals surface area contributed by atoms with Crippen LogP contribution in [0.1, 0.15) is 70.2 Å². The summed E-state index contributed by atoms with van der Waals surface area (Å²) < 4.78 is 0. The van der Waals surface area contributed by atoms with Crippen LogP contribution in [0, 0.1) is 6.92 Å². The number of H-pyrrole nitrogens is 1. The molecule has 0 saturated carbocycles. The fourth-order valence-electron chi connectivity index (χ4n) is 4.63. The lowest BCUT2D eigenvalue weighted by molar-refractivity contribution is -0.135. The predicted molar refractivity (Wildman–Crippen MR) is 133 cm³/mol. The molecule has 3 rings (SSSR count). The average molecular weight is 419 g/mol. The van der Waals surface area contributed by atoms with Crippen LogP contribution in [0.15, 0.2) is 36.4 Å². The van der Waals surface area contributed by atoms with Crippen molar-refractivity contribution in [3.05, 3.63) is 58.7 Å². The lowest BCUT2D eigenvalue weighted by Crippen LogP contribution is -2.43. The summed E-state index contributed by atoms with van der Waals surface area (Å²) in [5.74, 6) is 0.191. The molecule has 3 heteroatoms. The molecule has 1 aromatic heterocycles. The Morgan fingerprint density at radius 1 is 1.00 bits per heavy atom. The quantitative estimate of drug-likeness (QED) is 0.429. The number of rotatable bonds is 8. The van der Waals surface area contributed by atoms with E-state index in [0.29, 0.717) is 0 Å². The van der Waals surface area contributed by atoms with Crippen molar-refractivity contribution in [1.82, 2.24) is 9.88 Å². The van der Waals surface area contributed by atoms with Gasteiger partial charge >= 0.3 is 0 Å². The van der Waals surface area contributed by atoms with Gasteiger partial charge in [-0.05, 0) is 94.0 Å². The number of nitrogens with zero attached hydrogens (tertiary/aromatic N) is 1. The van der Waals surface area contributed by atoms with Crippen molar-refractivity contribution in [3.63, 3.8) is 0 Å². The molecule has 0 aliphatic heterocycles. The molecule has 1 heterocycles. The van der Waals surface area contributed by atoms with Crippen molar-refractivity contribution in [1.29, 1.82) is 0 Å². The Morgan fingerprint density at radius 2 is 1.71 bits per heavy atom. The summed E-state index contributed by atoms with van der Waals surface area (Å²) in [6.07, 6.45) is 3.13. The maximum atomic E-state index is 13.2. The second-order valence-corrected chi connectivity index (χ2v) is 9.15. The van der Waals surface area contributed by atoms with Crippen LogP contribution in [0.5, 0.6) is 0 Å². The highest BCUT2D eigenvalue weighted by Crippen LogP contribution is 2.36. The molecular weight excluding hydrogens is 380 g/mol. The normalized spacial score (nSPS) is 11.8. The molecule has 0 aliphatic rings. The highest BCUT2D eigenvalue weighted by molar-refractivity contribution is 5.94. The third-order valence-electron chi connectivity index (χ3n) is 6.55. The lowest BCUT2D eigenvalue weighted by atomic mass is 9.82. The van der Waals surface area contributed by atoms with Crippen LogP contribution in [0.25, 0.3) is 22.2 Å². The Balaban J connectivity index is 2.16. The lowest BCUT2D eigenvalue weighted by Gasteiger charge is -2.31. The molecule has 0 bridgehead atoms. The minimum atomic E-state index is -0.556. The molecule has 0 unspecified atom stereocenters. The number of aromatic amines is 1. The Morgan fingerprint density at radius 3 is 2.32 bits per heavy atom. The minimum Gasteiger partial charge on any atom is -0.354 e. The van der Waals surface area contributed by atoms with Crippen molar-refractivity contribution in [2.24, 2.45) is 0 Å². The molecule has 0 spiro atoms. The first-order chi connectivity index (χ1) is 14.8. The van der Waals surface area contributed by atoms with Gasteiger partial charge in [-0.25, -0.2) is 0 Å². The van der Waals surface area contributed by atoms with E-state index in [1.807, 2.05) is 18.7 Å². The smallest absolute Gasteiger partial charge is 0.232 e. The zero-order valence-corrected chi connectivity index (χ0v) is 20.4. The largest absolute Gasteiger partial charge is 0.354 e. The van der Waals surface area contributed by atoms with E-state index in [4.69, 9.17) is 0 Å². The van der Waals surface area contributed by atoms with E-state index in [1.165, 1.54) is 33.3 Å². The number of benzene rings is 2. The van der Waals surface area contributed by atoms with Gasteiger partial charge in [0.2, 0.25) is 5.91 Å². The zero-order chi connectivity index (χ0) is 22.8. The van der Waals surface area contributed by atoms with Gasteiger partial charge in [-0.3, -0.25) is 4.79 Å². The molecule has 1 N–H and O–H groups in total. The number of hydrogen-bond acceptors (Lipinski definition) is 1. The molecule has 0 saturated heterocycles. The molecular formula is C28H38N2O. The highest BCUT2D eigenvalue weighted by atomic mass is 16.2. The van der Waals surface area contributed by atoms with E-state index < -0.39 is 5.41 Å². The molecule has 1 amide bonds. The Kier molecular flexibility index (Phi) is 6.93. The number of carbonyl (C=O) groups excluding carboxylic acids is 1. The molecule has 0 aliphatic carbocycles. The molecule has 0 atom stereocenters. The SMILES string of the molecule is CCCc1c(-c2cc(C)cc(CC)c2)[nH]c2ccc(C(C)(C)C(=O)N(CC)CC)cc12. The third kappa shape index (κ3) is 4.42. The summed E-state index contributed by atoms with van der Waals surface area (Å²) in [6, 6.07) is 13.4. The number of amides is 1. The summed E-state index contributed by atoms with van der Waals surface area (Å²) >= 11 is 0. The highest BCUT2D eigenvalue weighted by Gasteiger charge is 2.33. The maximum Gasteiger partial charge on any atom is 0.232 e. The van der Waals surface area contributed by atoms with Gasteiger partial charge in [0, 0.05) is 29.7 Å². The van der Waals surface area contributed by atoms with Gasteiger partial charge < -0.3 is 9.88 Å². The first kappa shape index (κ1) is 23.1. The fourth-order valence-corrected chi connectivity index (χ4v) is 4.63. The van der Waals surface area contributed by atoms with Gasteiger partial charge in [-0.1, -0.05) is 38.0 Å². The van der Waals surface area contributed by atoms with Gasteiger partial charge in [0.1, 0.15) is 0 Å². The van der Waals surface area contributed by atoms with Crippen LogP contribution < -0.4 is 0 Å². The molecule has 3 aromatic rings. The number of aromatic nitrogens is 1. The van der Waals surface area contributed by atoms with E-state index in [1.54, 1.807) is 0 Å². The van der Waals surface area contributed by atoms with Gasteiger partial charge in [-0.2, -0.15) is 0 Å². The number of carbonyl (C=O) groups is 1. The summed E-state index contributed by atoms with van der Waals surface area (Å²) in [7, 11) is 0. The number of hydrogen-bond donors (Lipinski definition) is 1. The van der Waals surface area contributed by atoms with Gasteiger partial charge in [0.25, 0.3) is 0 Å². The fraction of sp³-hybridized carbons (Fsp3) is 0.464. The van der Waals surface area contributed by atoms with Crippen LogP contribution in [0.4, 0.5) is 0 Å². The van der Waals surface area contributed by atoms with E-state index in [9.17, 15) is 4.79 Å². The van der Waals surface area contributed by atoms with Crippen LogP contribution >= 0.6 is 0 Å². The molecule has 2 aromatic carbocycles. The van der Waals surface area contributed by atoms with E-state index >= 15 is 0 Å². The molecule has 166 valence electrons. The van der Waals surface area contributed by atoms with Crippen LogP contribution in [-0.4, -0.2) is 28.9 Å². The summed E-state index contributed by atoms with van der Waals surface area (Å²) in [5.41, 5.74) is 8.17. The Hall–Kier alpha value is -2.55. The summed E-state index contributed by atoms with van der Waals surface area (Å²) in [5, 5.41) is 1.24. The van der Waals surface area contributed by atoms with Crippen molar-refractivity contribution in [3.8, 4) is 11.3 Å². The second-order valence-electron chi connectivity index (χ2n) is 9.15. The van der Waals surface area contributed by atoms with Crippen molar-refractivity contribution >= 4 is 16.8 Å². The maximum absolute atomic E-state index is 13.2. The minimum absolute atomic E-state index is 0.191. The van der Waals surface area contributed by atoms with Gasteiger partial charge in [-0.15, -0.1) is 0 Å². The Labute approximate surface area is 187 Å². The van der Waals surface area contributed by atoms with Crippen molar-refractivity contribution in [2.75, 3.05) is 13.1 Å². The van der Waals surface area contributed by atoms with Crippen LogP contribution in [0.2, 0.25) is 0 Å². The van der Waals surface area contributed by atoms with E-state index in [2.05, 4.69) is 76.0 Å². The average Bonchev–Trinajstić information content (AvgIpc) is 3.12. The number of nitrogens with one attached hydrogen (secondary N) is 1. The number of fused-ring (bicyclic) bond motifs is 1. The van der Waals surface area contributed by atoms with Crippen molar-refractivity contribution in [2.45, 2.75) is 73.1 Å². The zero-order valence-electron chi connectivity index (χ0n) is 20.4. The third-order valence-corrected chi connectivity index (χ3v) is 6.55. The Bertz CT molecular complexity index is 1070.